The smallest absolute Gasteiger partial charge is 0.166 e. The molecule has 0 saturated heterocycles. The van der Waals surface area contributed by atoms with Gasteiger partial charge in [0.25, 0.3) is 0 Å². The molecule has 0 nitrogen and oxygen atoms in total. The highest BCUT2D eigenvalue weighted by molar-refractivity contribution is 5.44. The van der Waals surface area contributed by atoms with Gasteiger partial charge in [0.15, 0.2) is 0 Å². The Morgan fingerprint density at radius 1 is 0.870 bits per heavy atom. The van der Waals surface area contributed by atoms with Crippen LogP contribution in [-0.4, -0.2) is 0 Å². The van der Waals surface area contributed by atoms with E-state index in [-0.39, 0.29) is 0 Å². The first kappa shape index (κ1) is 16.9. The van der Waals surface area contributed by atoms with Gasteiger partial charge in [0.1, 0.15) is 0 Å². The molecule has 0 fully saturated rings. The number of rotatable bonds is 4. The predicted octanol–water partition coefficient (Wildman–Crippen LogP) is 5.61. The maximum atomic E-state index is 12.5. The largest absolute Gasteiger partial charge is 0.416 e. The summed E-state index contributed by atoms with van der Waals surface area (Å²) in [6.07, 6.45) is 0.658. The maximum Gasteiger partial charge on any atom is 0.416 e. The standard InChI is InChI=1S/C20H17F3/c1-2-3-4-5-16-6-8-17(9-7-16)10-11-18-12-14-19(15-13-18)20(21,22)23/h2,6-9,12-15H,1,3-5H2. The van der Waals surface area contributed by atoms with Crippen LogP contribution in [0.15, 0.2) is 61.2 Å². The summed E-state index contributed by atoms with van der Waals surface area (Å²) in [5.41, 5.74) is 1.99. The predicted molar refractivity (Wildman–Crippen MR) is 87.0 cm³/mol. The summed E-state index contributed by atoms with van der Waals surface area (Å²) in [6, 6.07) is 12.8. The molecule has 0 N–H and O–H groups in total. The number of alkyl halides is 3. The van der Waals surface area contributed by atoms with Crippen molar-refractivity contribution in [2.24, 2.45) is 0 Å². The number of aryl methyl sites for hydroxylation is 1. The summed E-state index contributed by atoms with van der Waals surface area (Å²) < 4.78 is 37.4. The first-order valence-electron chi connectivity index (χ1n) is 7.38. The van der Waals surface area contributed by atoms with Crippen LogP contribution in [0.25, 0.3) is 0 Å². The van der Waals surface area contributed by atoms with Gasteiger partial charge in [-0.1, -0.05) is 30.0 Å². The van der Waals surface area contributed by atoms with Crippen LogP contribution >= 0.6 is 0 Å². The Bertz CT molecular complexity index is 696. The van der Waals surface area contributed by atoms with E-state index in [1.807, 2.05) is 30.3 Å². The summed E-state index contributed by atoms with van der Waals surface area (Å²) >= 11 is 0. The maximum absolute atomic E-state index is 12.5. The van der Waals surface area contributed by atoms with Gasteiger partial charge in [-0.2, -0.15) is 13.2 Å². The molecule has 0 saturated carbocycles. The normalized spacial score (nSPS) is 10.7. The van der Waals surface area contributed by atoms with Gasteiger partial charge in [0.05, 0.1) is 5.56 Å². The van der Waals surface area contributed by atoms with Gasteiger partial charge < -0.3 is 0 Å². The fraction of sp³-hybridized carbons (Fsp3) is 0.200. The minimum atomic E-state index is -4.31. The van der Waals surface area contributed by atoms with Gasteiger partial charge in [0.2, 0.25) is 0 Å². The Morgan fingerprint density at radius 3 is 1.87 bits per heavy atom. The molecule has 0 bridgehead atoms. The third kappa shape index (κ3) is 5.34. The monoisotopic (exact) mass is 314 g/mol. The number of allylic oxidation sites excluding steroid dienone is 1. The lowest BCUT2D eigenvalue weighted by Crippen LogP contribution is -2.04. The summed E-state index contributed by atoms with van der Waals surface area (Å²) in [4.78, 5) is 0. The second-order valence-corrected chi connectivity index (χ2v) is 5.20. The van der Waals surface area contributed by atoms with E-state index in [2.05, 4.69) is 18.4 Å². The Hall–Kier alpha value is -2.47. The molecule has 2 aromatic rings. The molecule has 0 radical (unpaired) electrons. The van der Waals surface area contributed by atoms with Crippen molar-refractivity contribution in [3.05, 3.63) is 83.4 Å². The van der Waals surface area contributed by atoms with Gasteiger partial charge in [-0.15, -0.1) is 6.58 Å². The molecular weight excluding hydrogens is 297 g/mol. The third-order valence-corrected chi connectivity index (χ3v) is 3.39. The van der Waals surface area contributed by atoms with Crippen LogP contribution in [0, 0.1) is 11.8 Å². The van der Waals surface area contributed by atoms with Gasteiger partial charge in [-0.25, -0.2) is 0 Å². The molecule has 2 rings (SSSR count). The second kappa shape index (κ2) is 7.69. The molecule has 0 aliphatic carbocycles. The van der Waals surface area contributed by atoms with Crippen LogP contribution in [0.1, 0.15) is 35.1 Å². The topological polar surface area (TPSA) is 0 Å². The summed E-state index contributed by atoms with van der Waals surface area (Å²) in [5.74, 6) is 5.85. The van der Waals surface area contributed by atoms with E-state index < -0.39 is 11.7 Å². The molecule has 0 heterocycles. The van der Waals surface area contributed by atoms with Crippen LogP contribution < -0.4 is 0 Å². The second-order valence-electron chi connectivity index (χ2n) is 5.20. The third-order valence-electron chi connectivity index (χ3n) is 3.39. The molecule has 2 aromatic carbocycles. The van der Waals surface area contributed by atoms with Gasteiger partial charge in [-0.3, -0.25) is 0 Å². The first-order valence-corrected chi connectivity index (χ1v) is 7.38. The van der Waals surface area contributed by atoms with E-state index in [0.29, 0.717) is 5.56 Å². The Labute approximate surface area is 134 Å². The molecule has 0 amide bonds. The van der Waals surface area contributed by atoms with E-state index >= 15 is 0 Å². The molecule has 0 aliphatic heterocycles. The molecule has 0 atom stereocenters. The Kier molecular flexibility index (Phi) is 5.65. The van der Waals surface area contributed by atoms with Crippen LogP contribution in [0.5, 0.6) is 0 Å². The summed E-state index contributed by atoms with van der Waals surface area (Å²) in [7, 11) is 0. The van der Waals surface area contributed by atoms with Crippen LogP contribution in [0.3, 0.4) is 0 Å². The molecule has 0 unspecified atom stereocenters. The lowest BCUT2D eigenvalue weighted by molar-refractivity contribution is -0.137. The SMILES string of the molecule is C=CCCCc1ccc(C#Cc2ccc(C(F)(F)F)cc2)cc1. The molecule has 118 valence electrons. The van der Waals surface area contributed by atoms with Crippen molar-refractivity contribution >= 4 is 0 Å². The van der Waals surface area contributed by atoms with Crippen molar-refractivity contribution in [1.29, 1.82) is 0 Å². The fourth-order valence-electron chi connectivity index (χ4n) is 2.09. The molecule has 0 aromatic heterocycles. The lowest BCUT2D eigenvalue weighted by atomic mass is 10.1. The van der Waals surface area contributed by atoms with Crippen molar-refractivity contribution in [3.8, 4) is 11.8 Å². The van der Waals surface area contributed by atoms with Crippen LogP contribution in [-0.2, 0) is 12.6 Å². The minimum absolute atomic E-state index is 0.563. The van der Waals surface area contributed by atoms with Crippen molar-refractivity contribution in [1.82, 2.24) is 0 Å². The zero-order valence-electron chi connectivity index (χ0n) is 12.7. The zero-order chi connectivity index (χ0) is 16.7. The molecule has 23 heavy (non-hydrogen) atoms. The van der Waals surface area contributed by atoms with Crippen LogP contribution in [0.4, 0.5) is 13.2 Å². The van der Waals surface area contributed by atoms with Crippen molar-refractivity contribution in [3.63, 3.8) is 0 Å². The lowest BCUT2D eigenvalue weighted by Gasteiger charge is -2.05. The molecule has 0 spiro atoms. The molecule has 0 aliphatic rings. The van der Waals surface area contributed by atoms with Crippen molar-refractivity contribution < 1.29 is 13.2 Å². The van der Waals surface area contributed by atoms with E-state index in [1.54, 1.807) is 0 Å². The van der Waals surface area contributed by atoms with E-state index in [0.717, 1.165) is 37.0 Å². The van der Waals surface area contributed by atoms with Gasteiger partial charge in [0, 0.05) is 11.1 Å². The van der Waals surface area contributed by atoms with Crippen molar-refractivity contribution in [2.45, 2.75) is 25.4 Å². The van der Waals surface area contributed by atoms with E-state index in [4.69, 9.17) is 0 Å². The average molecular weight is 314 g/mol. The highest BCUT2D eigenvalue weighted by Crippen LogP contribution is 2.28. The summed E-state index contributed by atoms with van der Waals surface area (Å²) in [5, 5.41) is 0. The Balaban J connectivity index is 2.02. The Morgan fingerprint density at radius 2 is 1.39 bits per heavy atom. The van der Waals surface area contributed by atoms with Crippen LogP contribution in [0.2, 0.25) is 0 Å². The quantitative estimate of drug-likeness (QED) is 0.391. The number of hydrogen-bond acceptors (Lipinski definition) is 0. The zero-order valence-corrected chi connectivity index (χ0v) is 12.7. The van der Waals surface area contributed by atoms with E-state index in [1.165, 1.54) is 17.7 Å². The fourth-order valence-corrected chi connectivity index (χ4v) is 2.09. The highest BCUT2D eigenvalue weighted by Gasteiger charge is 2.29. The minimum Gasteiger partial charge on any atom is -0.166 e. The summed E-state index contributed by atoms with van der Waals surface area (Å²) in [6.45, 7) is 3.70. The number of hydrogen-bond donors (Lipinski definition) is 0. The van der Waals surface area contributed by atoms with Gasteiger partial charge in [-0.05, 0) is 61.2 Å². The van der Waals surface area contributed by atoms with E-state index in [9.17, 15) is 13.2 Å². The number of benzene rings is 2. The van der Waals surface area contributed by atoms with Gasteiger partial charge >= 0.3 is 6.18 Å². The number of halogens is 3. The number of unbranched alkanes of at least 4 members (excludes halogenated alkanes) is 1. The first-order chi connectivity index (χ1) is 11.0. The van der Waals surface area contributed by atoms with Crippen molar-refractivity contribution in [2.75, 3.05) is 0 Å². The average Bonchev–Trinajstić information content (AvgIpc) is 2.54. The molecular formula is C20H17F3. The highest BCUT2D eigenvalue weighted by atomic mass is 19.4. The molecule has 3 heteroatoms.